The van der Waals surface area contributed by atoms with E-state index in [2.05, 4.69) is 17.3 Å². The lowest BCUT2D eigenvalue weighted by molar-refractivity contribution is -0.133. The minimum atomic E-state index is 0.147. The van der Waals surface area contributed by atoms with Crippen LogP contribution in [0.3, 0.4) is 0 Å². The number of carbonyl (C=O) groups excluding carboxylic acids is 1. The van der Waals surface area contributed by atoms with E-state index in [1.54, 1.807) is 12.1 Å². The molecule has 0 bridgehead atoms. The first kappa shape index (κ1) is 18.2. The van der Waals surface area contributed by atoms with Crippen LogP contribution in [0.4, 0.5) is 0 Å². The summed E-state index contributed by atoms with van der Waals surface area (Å²) in [4.78, 5) is 14.7. The first-order valence-corrected chi connectivity index (χ1v) is 9.14. The van der Waals surface area contributed by atoms with Crippen molar-refractivity contribution in [2.75, 3.05) is 19.6 Å². The molecular formula is C18H22Cl2N4O. The van der Waals surface area contributed by atoms with Gasteiger partial charge in [0.2, 0.25) is 5.91 Å². The van der Waals surface area contributed by atoms with Crippen LogP contribution in [-0.4, -0.2) is 46.3 Å². The van der Waals surface area contributed by atoms with Crippen LogP contribution in [0, 0.1) is 13.8 Å². The third-order valence-corrected chi connectivity index (χ3v) is 5.48. The lowest BCUT2D eigenvalue weighted by Gasteiger charge is -2.34. The van der Waals surface area contributed by atoms with E-state index in [0.717, 1.165) is 42.3 Å². The highest BCUT2D eigenvalue weighted by Crippen LogP contribution is 2.26. The second-order valence-corrected chi connectivity index (χ2v) is 7.29. The van der Waals surface area contributed by atoms with Crippen LogP contribution in [0.2, 0.25) is 10.0 Å². The predicted molar refractivity (Wildman–Crippen MR) is 101 cm³/mol. The average Bonchev–Trinajstić information content (AvgIpc) is 2.86. The molecule has 7 heteroatoms. The maximum atomic E-state index is 12.7. The predicted octanol–water partition coefficient (Wildman–Crippen LogP) is 3.16. The Bertz CT molecular complexity index is 803. The first-order valence-electron chi connectivity index (χ1n) is 8.39. The molecule has 1 fully saturated rings. The van der Waals surface area contributed by atoms with Gasteiger partial charge in [0, 0.05) is 36.9 Å². The zero-order chi connectivity index (χ0) is 18.1. The quantitative estimate of drug-likeness (QED) is 0.889. The number of aromatic nitrogens is 2. The Hall–Kier alpha value is -1.56. The molecule has 25 heavy (non-hydrogen) atoms. The number of benzene rings is 1. The van der Waals surface area contributed by atoms with Crippen LogP contribution in [-0.2, 0) is 11.2 Å². The van der Waals surface area contributed by atoms with Crippen molar-refractivity contribution < 1.29 is 4.79 Å². The van der Waals surface area contributed by atoms with Crippen LogP contribution < -0.4 is 5.32 Å². The molecule has 0 spiro atoms. The van der Waals surface area contributed by atoms with Gasteiger partial charge in [-0.3, -0.25) is 4.79 Å². The summed E-state index contributed by atoms with van der Waals surface area (Å²) in [5.74, 6) is 0.147. The number of halogens is 2. The minimum absolute atomic E-state index is 0.147. The normalized spacial score (nSPS) is 17.8. The Morgan fingerprint density at radius 1 is 1.32 bits per heavy atom. The van der Waals surface area contributed by atoms with Crippen molar-refractivity contribution >= 4 is 29.1 Å². The molecule has 1 amide bonds. The Morgan fingerprint density at radius 3 is 2.76 bits per heavy atom. The van der Waals surface area contributed by atoms with Gasteiger partial charge >= 0.3 is 0 Å². The fourth-order valence-corrected chi connectivity index (χ4v) is 3.56. The first-order chi connectivity index (χ1) is 11.9. The van der Waals surface area contributed by atoms with E-state index in [0.29, 0.717) is 16.5 Å². The number of aryl methyl sites for hydroxylation is 1. The second kappa shape index (κ2) is 7.36. The Balaban J connectivity index is 1.86. The van der Waals surface area contributed by atoms with Crippen molar-refractivity contribution in [1.29, 1.82) is 0 Å². The summed E-state index contributed by atoms with van der Waals surface area (Å²) < 4.78 is 1.82. The third kappa shape index (κ3) is 3.68. The summed E-state index contributed by atoms with van der Waals surface area (Å²) in [6.45, 7) is 8.42. The summed E-state index contributed by atoms with van der Waals surface area (Å²) >= 11 is 12.1. The highest BCUT2D eigenvalue weighted by molar-refractivity contribution is 6.42. The van der Waals surface area contributed by atoms with Gasteiger partial charge in [-0.1, -0.05) is 23.2 Å². The molecule has 2 aromatic rings. The van der Waals surface area contributed by atoms with Crippen molar-refractivity contribution in [3.05, 3.63) is 45.2 Å². The molecule has 1 aliphatic heterocycles. The van der Waals surface area contributed by atoms with Crippen molar-refractivity contribution in [3.63, 3.8) is 0 Å². The van der Waals surface area contributed by atoms with Crippen molar-refractivity contribution in [2.24, 2.45) is 0 Å². The molecule has 1 aliphatic rings. The molecule has 1 aromatic carbocycles. The van der Waals surface area contributed by atoms with Gasteiger partial charge in [-0.05, 0) is 39.0 Å². The maximum absolute atomic E-state index is 12.7. The smallest absolute Gasteiger partial charge is 0.227 e. The number of rotatable bonds is 3. The second-order valence-electron chi connectivity index (χ2n) is 6.48. The Labute approximate surface area is 157 Å². The number of nitrogens with zero attached hydrogens (tertiary/aromatic N) is 3. The van der Waals surface area contributed by atoms with Crippen molar-refractivity contribution in [1.82, 2.24) is 20.0 Å². The number of hydrogen-bond donors (Lipinski definition) is 1. The van der Waals surface area contributed by atoms with Crippen LogP contribution >= 0.6 is 23.2 Å². The van der Waals surface area contributed by atoms with Crippen LogP contribution in [0.1, 0.15) is 23.9 Å². The third-order valence-electron chi connectivity index (χ3n) is 4.74. The molecule has 1 saturated heterocycles. The summed E-state index contributed by atoms with van der Waals surface area (Å²) in [6, 6.07) is 5.63. The maximum Gasteiger partial charge on any atom is 0.227 e. The minimum Gasteiger partial charge on any atom is -0.337 e. The van der Waals surface area contributed by atoms with Crippen LogP contribution in [0.25, 0.3) is 5.69 Å². The molecule has 0 radical (unpaired) electrons. The highest BCUT2D eigenvalue weighted by Gasteiger charge is 2.25. The van der Waals surface area contributed by atoms with Gasteiger partial charge in [0.15, 0.2) is 0 Å². The molecular weight excluding hydrogens is 359 g/mol. The lowest BCUT2D eigenvalue weighted by Crippen LogP contribution is -2.52. The molecule has 2 heterocycles. The molecule has 1 atom stereocenters. The van der Waals surface area contributed by atoms with E-state index in [1.165, 1.54) is 0 Å². The molecule has 3 rings (SSSR count). The number of piperazine rings is 1. The lowest BCUT2D eigenvalue weighted by atomic mass is 10.1. The molecule has 0 aliphatic carbocycles. The summed E-state index contributed by atoms with van der Waals surface area (Å²) in [7, 11) is 0. The van der Waals surface area contributed by atoms with Crippen LogP contribution in [0.15, 0.2) is 18.2 Å². The number of carbonyl (C=O) groups is 1. The van der Waals surface area contributed by atoms with Gasteiger partial charge in [0.05, 0.1) is 27.8 Å². The van der Waals surface area contributed by atoms with E-state index < -0.39 is 0 Å². The molecule has 0 unspecified atom stereocenters. The highest BCUT2D eigenvalue weighted by atomic mass is 35.5. The topological polar surface area (TPSA) is 50.2 Å². The number of nitrogens with one attached hydrogen (secondary N) is 1. The SMILES string of the molecule is Cc1nn(-c2ccc(Cl)c(Cl)c2)c(C)c1CC(=O)N1CCNC[C@@H]1C. The van der Waals surface area contributed by atoms with E-state index in [9.17, 15) is 4.79 Å². The fourth-order valence-electron chi connectivity index (χ4n) is 3.26. The molecule has 134 valence electrons. The van der Waals surface area contributed by atoms with Gasteiger partial charge in [0.1, 0.15) is 0 Å². The number of amides is 1. The van der Waals surface area contributed by atoms with Gasteiger partial charge in [-0.15, -0.1) is 0 Å². The van der Waals surface area contributed by atoms with Crippen molar-refractivity contribution in [3.8, 4) is 5.69 Å². The van der Waals surface area contributed by atoms with E-state index in [-0.39, 0.29) is 11.9 Å². The van der Waals surface area contributed by atoms with E-state index in [4.69, 9.17) is 23.2 Å². The zero-order valence-corrected chi connectivity index (χ0v) is 16.2. The van der Waals surface area contributed by atoms with E-state index in [1.807, 2.05) is 29.5 Å². The van der Waals surface area contributed by atoms with Gasteiger partial charge < -0.3 is 10.2 Å². The molecule has 1 aromatic heterocycles. The van der Waals surface area contributed by atoms with E-state index >= 15 is 0 Å². The van der Waals surface area contributed by atoms with Crippen LogP contribution in [0.5, 0.6) is 0 Å². The van der Waals surface area contributed by atoms with Gasteiger partial charge in [-0.2, -0.15) is 5.10 Å². The monoisotopic (exact) mass is 380 g/mol. The molecule has 1 N–H and O–H groups in total. The summed E-state index contributed by atoms with van der Waals surface area (Å²) in [5.41, 5.74) is 3.62. The number of hydrogen-bond acceptors (Lipinski definition) is 3. The van der Waals surface area contributed by atoms with Gasteiger partial charge in [0.25, 0.3) is 0 Å². The summed E-state index contributed by atoms with van der Waals surface area (Å²) in [6.07, 6.45) is 0.364. The Kier molecular flexibility index (Phi) is 5.37. The zero-order valence-electron chi connectivity index (χ0n) is 14.6. The van der Waals surface area contributed by atoms with Gasteiger partial charge in [-0.25, -0.2) is 4.68 Å². The Morgan fingerprint density at radius 2 is 2.08 bits per heavy atom. The average molecular weight is 381 g/mol. The largest absolute Gasteiger partial charge is 0.337 e. The molecule has 5 nitrogen and oxygen atoms in total. The van der Waals surface area contributed by atoms with Crippen molar-refractivity contribution in [2.45, 2.75) is 33.2 Å². The molecule has 0 saturated carbocycles. The summed E-state index contributed by atoms with van der Waals surface area (Å²) in [5, 5.41) is 8.90. The fraction of sp³-hybridized carbons (Fsp3) is 0.444. The standard InChI is InChI=1S/C18H22Cl2N4O/c1-11-10-21-6-7-23(11)18(25)9-15-12(2)22-24(13(15)3)14-4-5-16(19)17(20)8-14/h4-5,8,11,21H,6-7,9-10H2,1-3H3/t11-/m0/s1.